The molecule has 1 fully saturated rings. The van der Waals surface area contributed by atoms with Gasteiger partial charge >= 0.3 is 12.0 Å². The summed E-state index contributed by atoms with van der Waals surface area (Å²) in [5, 5.41) is 12.0. The van der Waals surface area contributed by atoms with Gasteiger partial charge in [-0.3, -0.25) is 0 Å². The number of amides is 2. The number of carboxylic acids is 1. The first-order chi connectivity index (χ1) is 8.99. The summed E-state index contributed by atoms with van der Waals surface area (Å²) in [6, 6.07) is -0.815. The summed E-state index contributed by atoms with van der Waals surface area (Å²) in [6.07, 6.45) is 5.94. The summed E-state index contributed by atoms with van der Waals surface area (Å²) in [7, 11) is 1.55. The Labute approximate surface area is 115 Å². The highest BCUT2D eigenvalue weighted by Crippen LogP contribution is 2.26. The summed E-state index contributed by atoms with van der Waals surface area (Å²) in [4.78, 5) is 24.3. The summed E-state index contributed by atoms with van der Waals surface area (Å²) >= 11 is 0. The van der Waals surface area contributed by atoms with Crippen molar-refractivity contribution in [3.8, 4) is 0 Å². The van der Waals surface area contributed by atoms with E-state index < -0.39 is 12.0 Å². The van der Waals surface area contributed by atoms with E-state index in [0.29, 0.717) is 6.42 Å². The lowest BCUT2D eigenvalue weighted by molar-refractivity contribution is -0.141. The molecule has 0 radical (unpaired) electrons. The molecule has 0 aromatic carbocycles. The molecule has 2 amide bonds. The lowest BCUT2D eigenvalue weighted by atomic mass is 9.84. The van der Waals surface area contributed by atoms with E-state index in [-0.39, 0.29) is 12.1 Å². The van der Waals surface area contributed by atoms with Crippen LogP contribution in [0.1, 0.15) is 52.4 Å². The Hall–Kier alpha value is -1.26. The lowest BCUT2D eigenvalue weighted by Crippen LogP contribution is -2.50. The molecular weight excluding hydrogens is 244 g/mol. The Balaban J connectivity index is 2.44. The quantitative estimate of drug-likeness (QED) is 0.806. The summed E-state index contributed by atoms with van der Waals surface area (Å²) in [5.41, 5.74) is 0. The first-order valence-electron chi connectivity index (χ1n) is 7.25. The number of likely N-dealkylation sites (N-methyl/N-ethyl adjacent to an activating group) is 1. The first-order valence-corrected chi connectivity index (χ1v) is 7.25. The molecule has 1 rings (SSSR count). The Kier molecular flexibility index (Phi) is 6.12. The largest absolute Gasteiger partial charge is 0.480 e. The number of hydrogen-bond acceptors (Lipinski definition) is 2. The third kappa shape index (κ3) is 4.40. The second-order valence-corrected chi connectivity index (χ2v) is 5.45. The van der Waals surface area contributed by atoms with Gasteiger partial charge in [0.25, 0.3) is 0 Å². The van der Waals surface area contributed by atoms with Gasteiger partial charge in [-0.05, 0) is 38.0 Å². The van der Waals surface area contributed by atoms with Gasteiger partial charge < -0.3 is 15.3 Å². The van der Waals surface area contributed by atoms with Crippen LogP contribution in [-0.4, -0.2) is 41.1 Å². The van der Waals surface area contributed by atoms with E-state index in [1.54, 1.807) is 14.0 Å². The normalized spacial score (nSPS) is 24.6. The molecule has 0 spiro atoms. The minimum Gasteiger partial charge on any atom is -0.480 e. The van der Waals surface area contributed by atoms with E-state index in [2.05, 4.69) is 12.2 Å². The van der Waals surface area contributed by atoms with E-state index in [1.807, 2.05) is 0 Å². The molecule has 0 aromatic heterocycles. The van der Waals surface area contributed by atoms with Crippen LogP contribution in [0.3, 0.4) is 0 Å². The zero-order valence-electron chi connectivity index (χ0n) is 12.2. The van der Waals surface area contributed by atoms with Gasteiger partial charge in [-0.2, -0.15) is 0 Å². The Morgan fingerprint density at radius 1 is 1.26 bits per heavy atom. The highest BCUT2D eigenvalue weighted by atomic mass is 16.4. The van der Waals surface area contributed by atoms with Crippen molar-refractivity contribution < 1.29 is 14.7 Å². The smallest absolute Gasteiger partial charge is 0.326 e. The van der Waals surface area contributed by atoms with E-state index in [4.69, 9.17) is 5.11 Å². The van der Waals surface area contributed by atoms with Gasteiger partial charge in [-0.25, -0.2) is 9.59 Å². The fourth-order valence-corrected chi connectivity index (χ4v) is 2.75. The van der Waals surface area contributed by atoms with Crippen molar-refractivity contribution in [1.29, 1.82) is 0 Å². The van der Waals surface area contributed by atoms with Crippen LogP contribution in [0.5, 0.6) is 0 Å². The van der Waals surface area contributed by atoms with Crippen LogP contribution >= 0.6 is 0 Å². The van der Waals surface area contributed by atoms with Crippen LogP contribution in [0.4, 0.5) is 4.79 Å². The molecule has 0 aromatic rings. The van der Waals surface area contributed by atoms with Crippen LogP contribution < -0.4 is 5.32 Å². The number of hydrogen-bond donors (Lipinski definition) is 2. The SMILES string of the molecule is CCC1CCC(NC(=O)N(C)C(CC)C(=O)O)CC1. The molecule has 2 N–H and O–H groups in total. The van der Waals surface area contributed by atoms with Crippen molar-refractivity contribution in [2.24, 2.45) is 5.92 Å². The van der Waals surface area contributed by atoms with Crippen LogP contribution in [0.2, 0.25) is 0 Å². The summed E-state index contributed by atoms with van der Waals surface area (Å²) in [6.45, 7) is 3.98. The number of nitrogens with zero attached hydrogens (tertiary/aromatic N) is 1. The van der Waals surface area contributed by atoms with E-state index in [1.165, 1.54) is 11.3 Å². The van der Waals surface area contributed by atoms with Crippen molar-refractivity contribution in [2.45, 2.75) is 64.5 Å². The van der Waals surface area contributed by atoms with Gasteiger partial charge in [-0.15, -0.1) is 0 Å². The van der Waals surface area contributed by atoms with E-state index in [0.717, 1.165) is 31.6 Å². The van der Waals surface area contributed by atoms with E-state index in [9.17, 15) is 9.59 Å². The van der Waals surface area contributed by atoms with E-state index >= 15 is 0 Å². The summed E-state index contributed by atoms with van der Waals surface area (Å²) < 4.78 is 0. The number of carboxylic acid groups (broad SMARTS) is 1. The average molecular weight is 270 g/mol. The van der Waals surface area contributed by atoms with Crippen molar-refractivity contribution in [3.05, 3.63) is 0 Å². The van der Waals surface area contributed by atoms with Crippen LogP contribution in [0, 0.1) is 5.92 Å². The Morgan fingerprint density at radius 3 is 2.26 bits per heavy atom. The predicted octanol–water partition coefficient (Wildman–Crippen LogP) is 2.46. The van der Waals surface area contributed by atoms with Gasteiger partial charge in [0.05, 0.1) is 0 Å². The number of aliphatic carboxylic acids is 1. The fraction of sp³-hybridized carbons (Fsp3) is 0.857. The molecule has 1 saturated carbocycles. The average Bonchev–Trinajstić information content (AvgIpc) is 2.39. The third-order valence-corrected chi connectivity index (χ3v) is 4.21. The van der Waals surface area contributed by atoms with Gasteiger partial charge in [0.2, 0.25) is 0 Å². The van der Waals surface area contributed by atoms with Crippen molar-refractivity contribution in [2.75, 3.05) is 7.05 Å². The second-order valence-electron chi connectivity index (χ2n) is 5.45. The maximum Gasteiger partial charge on any atom is 0.326 e. The number of carbonyl (C=O) groups is 2. The lowest BCUT2D eigenvalue weighted by Gasteiger charge is -2.31. The first kappa shape index (κ1) is 15.8. The molecule has 0 saturated heterocycles. The minimum absolute atomic E-state index is 0.198. The van der Waals surface area contributed by atoms with Crippen molar-refractivity contribution in [1.82, 2.24) is 10.2 Å². The number of nitrogens with one attached hydrogen (secondary N) is 1. The molecule has 1 unspecified atom stereocenters. The molecule has 19 heavy (non-hydrogen) atoms. The maximum absolute atomic E-state index is 12.0. The highest BCUT2D eigenvalue weighted by Gasteiger charge is 2.27. The molecule has 110 valence electrons. The van der Waals surface area contributed by atoms with Gasteiger partial charge in [-0.1, -0.05) is 20.3 Å². The van der Waals surface area contributed by atoms with Crippen molar-refractivity contribution in [3.63, 3.8) is 0 Å². The number of urea groups is 1. The van der Waals surface area contributed by atoms with Crippen LogP contribution in [-0.2, 0) is 4.79 Å². The third-order valence-electron chi connectivity index (χ3n) is 4.21. The molecule has 0 bridgehead atoms. The van der Waals surface area contributed by atoms with Gasteiger partial charge in [0.15, 0.2) is 0 Å². The Morgan fingerprint density at radius 2 is 1.84 bits per heavy atom. The fourth-order valence-electron chi connectivity index (χ4n) is 2.75. The number of carbonyl (C=O) groups excluding carboxylic acids is 1. The highest BCUT2D eigenvalue weighted by molar-refractivity contribution is 5.82. The molecule has 5 heteroatoms. The minimum atomic E-state index is -0.949. The van der Waals surface area contributed by atoms with Crippen molar-refractivity contribution >= 4 is 12.0 Å². The Bertz CT molecular complexity index is 312. The van der Waals surface area contributed by atoms with Crippen LogP contribution in [0.15, 0.2) is 0 Å². The molecule has 0 heterocycles. The summed E-state index contributed by atoms with van der Waals surface area (Å²) in [5.74, 6) is -0.164. The van der Waals surface area contributed by atoms with Crippen LogP contribution in [0.25, 0.3) is 0 Å². The number of rotatable bonds is 5. The molecule has 1 atom stereocenters. The van der Waals surface area contributed by atoms with Gasteiger partial charge in [0, 0.05) is 13.1 Å². The monoisotopic (exact) mass is 270 g/mol. The molecular formula is C14H26N2O3. The second kappa shape index (κ2) is 7.36. The predicted molar refractivity (Wildman–Crippen MR) is 74.0 cm³/mol. The zero-order valence-corrected chi connectivity index (χ0v) is 12.2. The standard InChI is InChI=1S/C14H26N2O3/c1-4-10-6-8-11(9-7-10)15-14(19)16(3)12(5-2)13(17)18/h10-12H,4-9H2,1-3H3,(H,15,19)(H,17,18). The molecule has 1 aliphatic rings. The zero-order chi connectivity index (χ0) is 14.4. The molecule has 5 nitrogen and oxygen atoms in total. The maximum atomic E-state index is 12.0. The molecule has 0 aliphatic heterocycles. The van der Waals surface area contributed by atoms with Gasteiger partial charge in [0.1, 0.15) is 6.04 Å². The topological polar surface area (TPSA) is 69.6 Å². The molecule has 1 aliphatic carbocycles.